The fourth-order valence-electron chi connectivity index (χ4n) is 1.02. The van der Waals surface area contributed by atoms with E-state index < -0.39 is 11.7 Å². The van der Waals surface area contributed by atoms with Crippen LogP contribution in [0.3, 0.4) is 0 Å². The Hall–Kier alpha value is -1.50. The number of nitrogen functional groups attached to an aromatic ring is 1. The normalized spacial score (nSPS) is 11.3. The number of pyridine rings is 1. The number of hydrogen-bond donors (Lipinski definition) is 2. The molecule has 1 aromatic rings. The lowest BCUT2D eigenvalue weighted by atomic mass is 10.2. The van der Waals surface area contributed by atoms with Gasteiger partial charge in [-0.3, -0.25) is 0 Å². The van der Waals surface area contributed by atoms with Gasteiger partial charge in [-0.15, -0.1) is 0 Å². The Labute approximate surface area is 90.6 Å². The van der Waals surface area contributed by atoms with Gasteiger partial charge in [0.25, 0.3) is 0 Å². The molecule has 7 heteroatoms. The molecule has 1 rings (SSSR count). The molecule has 0 aliphatic carbocycles. The van der Waals surface area contributed by atoms with Crippen LogP contribution in [0, 0.1) is 0 Å². The van der Waals surface area contributed by atoms with Gasteiger partial charge < -0.3 is 10.2 Å². The fourth-order valence-corrected chi connectivity index (χ4v) is 1.02. The first-order valence-corrected chi connectivity index (χ1v) is 4.66. The third-order valence-corrected chi connectivity index (χ3v) is 1.73. The predicted octanol–water partition coefficient (Wildman–Crippen LogP) is 2.17. The summed E-state index contributed by atoms with van der Waals surface area (Å²) in [6.45, 7) is 2.15. The number of anilines is 1. The molecule has 90 valence electrons. The molecule has 0 amide bonds. The summed E-state index contributed by atoms with van der Waals surface area (Å²) >= 11 is 0. The molecular weight excluding hydrogens is 223 g/mol. The monoisotopic (exact) mass is 235 g/mol. The molecule has 0 aliphatic heterocycles. The van der Waals surface area contributed by atoms with Crippen molar-refractivity contribution in [3.8, 4) is 5.88 Å². The Morgan fingerprint density at radius 3 is 2.62 bits per heavy atom. The SMILES string of the molecule is CCCOc1cc(C(F)(F)F)cc(NN)n1. The maximum atomic E-state index is 12.5. The predicted molar refractivity (Wildman–Crippen MR) is 52.8 cm³/mol. The highest BCUT2D eigenvalue weighted by atomic mass is 19.4. The van der Waals surface area contributed by atoms with Crippen molar-refractivity contribution in [1.29, 1.82) is 0 Å². The Morgan fingerprint density at radius 2 is 2.12 bits per heavy atom. The summed E-state index contributed by atoms with van der Waals surface area (Å²) in [6, 6.07) is 1.66. The summed E-state index contributed by atoms with van der Waals surface area (Å²) < 4.78 is 42.4. The molecule has 16 heavy (non-hydrogen) atoms. The van der Waals surface area contributed by atoms with Crippen LogP contribution in [0.2, 0.25) is 0 Å². The number of nitrogens with zero attached hydrogens (tertiary/aromatic N) is 1. The first-order valence-electron chi connectivity index (χ1n) is 4.66. The van der Waals surface area contributed by atoms with Crippen molar-refractivity contribution >= 4 is 5.82 Å². The van der Waals surface area contributed by atoms with Crippen molar-refractivity contribution in [1.82, 2.24) is 4.98 Å². The second-order valence-corrected chi connectivity index (χ2v) is 3.07. The van der Waals surface area contributed by atoms with Crippen LogP contribution in [0.4, 0.5) is 19.0 Å². The minimum atomic E-state index is -4.45. The van der Waals surface area contributed by atoms with Gasteiger partial charge in [0.1, 0.15) is 5.82 Å². The van der Waals surface area contributed by atoms with Gasteiger partial charge in [-0.05, 0) is 12.5 Å². The second kappa shape index (κ2) is 5.02. The molecule has 0 radical (unpaired) electrons. The third-order valence-electron chi connectivity index (χ3n) is 1.73. The van der Waals surface area contributed by atoms with Crippen LogP contribution in [0.15, 0.2) is 12.1 Å². The quantitative estimate of drug-likeness (QED) is 0.620. The Morgan fingerprint density at radius 1 is 1.44 bits per heavy atom. The van der Waals surface area contributed by atoms with E-state index in [1.807, 2.05) is 6.92 Å². The average Bonchev–Trinajstić information content (AvgIpc) is 2.24. The largest absolute Gasteiger partial charge is 0.478 e. The van der Waals surface area contributed by atoms with Gasteiger partial charge in [0, 0.05) is 6.07 Å². The van der Waals surface area contributed by atoms with Crippen molar-refractivity contribution < 1.29 is 17.9 Å². The Balaban J connectivity index is 3.01. The third kappa shape index (κ3) is 3.27. The Kier molecular flexibility index (Phi) is 3.94. The number of halogens is 3. The maximum Gasteiger partial charge on any atom is 0.416 e. The summed E-state index contributed by atoms with van der Waals surface area (Å²) in [4.78, 5) is 3.74. The van der Waals surface area contributed by atoms with E-state index in [2.05, 4.69) is 10.4 Å². The van der Waals surface area contributed by atoms with Gasteiger partial charge in [-0.2, -0.15) is 18.2 Å². The van der Waals surface area contributed by atoms with E-state index in [1.165, 1.54) is 0 Å². The Bertz CT molecular complexity index is 354. The first-order chi connectivity index (χ1) is 7.47. The van der Waals surface area contributed by atoms with Crippen molar-refractivity contribution in [2.45, 2.75) is 19.5 Å². The fraction of sp³-hybridized carbons (Fsp3) is 0.444. The maximum absolute atomic E-state index is 12.5. The number of ether oxygens (including phenoxy) is 1. The van der Waals surface area contributed by atoms with E-state index in [4.69, 9.17) is 10.6 Å². The standard InChI is InChI=1S/C9H12F3N3O/c1-2-3-16-8-5-6(9(10,11)12)4-7(14-8)15-13/h4-5H,2-3,13H2,1H3,(H,14,15). The van der Waals surface area contributed by atoms with Crippen molar-refractivity contribution in [3.05, 3.63) is 17.7 Å². The summed E-state index contributed by atoms with van der Waals surface area (Å²) in [5.74, 6) is 4.85. The van der Waals surface area contributed by atoms with Crippen LogP contribution in [0.1, 0.15) is 18.9 Å². The number of nitrogens with two attached hydrogens (primary N) is 1. The van der Waals surface area contributed by atoms with Gasteiger partial charge in [0.15, 0.2) is 0 Å². The van der Waals surface area contributed by atoms with Gasteiger partial charge in [-0.1, -0.05) is 6.92 Å². The second-order valence-electron chi connectivity index (χ2n) is 3.07. The molecule has 0 saturated heterocycles. The highest BCUT2D eigenvalue weighted by molar-refractivity contribution is 5.41. The van der Waals surface area contributed by atoms with Crippen molar-refractivity contribution in [2.24, 2.45) is 5.84 Å². The summed E-state index contributed by atoms with van der Waals surface area (Å²) in [5.41, 5.74) is 1.22. The average molecular weight is 235 g/mol. The lowest BCUT2D eigenvalue weighted by Crippen LogP contribution is -2.13. The van der Waals surface area contributed by atoms with Gasteiger partial charge in [-0.25, -0.2) is 5.84 Å². The molecule has 0 fully saturated rings. The molecule has 0 spiro atoms. The first kappa shape index (κ1) is 12.6. The van der Waals surface area contributed by atoms with E-state index in [9.17, 15) is 13.2 Å². The van der Waals surface area contributed by atoms with E-state index in [0.717, 1.165) is 12.1 Å². The van der Waals surface area contributed by atoms with E-state index >= 15 is 0 Å². The minimum absolute atomic E-state index is 0.0825. The number of nitrogens with one attached hydrogen (secondary N) is 1. The molecule has 1 aromatic heterocycles. The van der Waals surface area contributed by atoms with E-state index in [0.29, 0.717) is 13.0 Å². The number of alkyl halides is 3. The van der Waals surface area contributed by atoms with Gasteiger partial charge in [0.2, 0.25) is 5.88 Å². The topological polar surface area (TPSA) is 60.2 Å². The number of aromatic nitrogens is 1. The summed E-state index contributed by atoms with van der Waals surface area (Å²) in [7, 11) is 0. The molecule has 0 aliphatic rings. The molecule has 3 N–H and O–H groups in total. The van der Waals surface area contributed by atoms with Crippen molar-refractivity contribution in [3.63, 3.8) is 0 Å². The molecule has 0 atom stereocenters. The molecule has 0 unspecified atom stereocenters. The molecular formula is C9H12F3N3O. The number of hydrogen-bond acceptors (Lipinski definition) is 4. The number of hydrazine groups is 1. The van der Waals surface area contributed by atoms with Crippen LogP contribution >= 0.6 is 0 Å². The molecule has 4 nitrogen and oxygen atoms in total. The van der Waals surface area contributed by atoms with Crippen LogP contribution in [0.5, 0.6) is 5.88 Å². The highest BCUT2D eigenvalue weighted by Crippen LogP contribution is 2.32. The zero-order chi connectivity index (χ0) is 12.2. The van der Waals surface area contributed by atoms with Crippen LogP contribution < -0.4 is 16.0 Å². The van der Waals surface area contributed by atoms with E-state index in [-0.39, 0.29) is 11.7 Å². The molecule has 0 bridgehead atoms. The molecule has 0 saturated carbocycles. The summed E-state index contributed by atoms with van der Waals surface area (Å²) in [6.07, 6.45) is -3.76. The highest BCUT2D eigenvalue weighted by Gasteiger charge is 2.31. The minimum Gasteiger partial charge on any atom is -0.478 e. The zero-order valence-electron chi connectivity index (χ0n) is 8.64. The summed E-state index contributed by atoms with van der Waals surface area (Å²) in [5, 5.41) is 0. The number of rotatable bonds is 4. The van der Waals surface area contributed by atoms with Crippen molar-refractivity contribution in [2.75, 3.05) is 12.0 Å². The smallest absolute Gasteiger partial charge is 0.416 e. The van der Waals surface area contributed by atoms with Gasteiger partial charge in [0.05, 0.1) is 12.2 Å². The molecule has 0 aromatic carbocycles. The van der Waals surface area contributed by atoms with Gasteiger partial charge >= 0.3 is 6.18 Å². The van der Waals surface area contributed by atoms with Crippen LogP contribution in [0.25, 0.3) is 0 Å². The van der Waals surface area contributed by atoms with Crippen LogP contribution in [-0.2, 0) is 6.18 Å². The zero-order valence-corrected chi connectivity index (χ0v) is 8.64. The molecule has 1 heterocycles. The van der Waals surface area contributed by atoms with Crippen LogP contribution in [-0.4, -0.2) is 11.6 Å². The lowest BCUT2D eigenvalue weighted by molar-refractivity contribution is -0.137. The van der Waals surface area contributed by atoms with E-state index in [1.54, 1.807) is 0 Å². The lowest BCUT2D eigenvalue weighted by Gasteiger charge is -2.11.